The van der Waals surface area contributed by atoms with E-state index in [1.807, 2.05) is 18.9 Å². The lowest BCUT2D eigenvalue weighted by atomic mass is 9.87. The highest BCUT2D eigenvalue weighted by Gasteiger charge is 2.25. The highest BCUT2D eigenvalue weighted by Crippen LogP contribution is 2.26. The Labute approximate surface area is 134 Å². The number of carboxylic acid groups (broad SMARTS) is 1. The van der Waals surface area contributed by atoms with E-state index >= 15 is 0 Å². The molecule has 124 valence electrons. The van der Waals surface area contributed by atoms with Crippen molar-refractivity contribution in [3.8, 4) is 0 Å². The van der Waals surface area contributed by atoms with Gasteiger partial charge in [0.25, 0.3) is 0 Å². The lowest BCUT2D eigenvalue weighted by Gasteiger charge is -2.34. The van der Waals surface area contributed by atoms with E-state index in [1.165, 1.54) is 12.8 Å². The first-order chi connectivity index (χ1) is 9.43. The lowest BCUT2D eigenvalue weighted by molar-refractivity contribution is -0.140. The maximum atomic E-state index is 12.3. The van der Waals surface area contributed by atoms with Gasteiger partial charge in [-0.3, -0.25) is 14.5 Å². The predicted molar refractivity (Wildman–Crippen MR) is 85.8 cm³/mol. The molecule has 0 aliphatic heterocycles. The van der Waals surface area contributed by atoms with Gasteiger partial charge in [-0.25, -0.2) is 0 Å². The van der Waals surface area contributed by atoms with E-state index in [0.29, 0.717) is 12.6 Å². The summed E-state index contributed by atoms with van der Waals surface area (Å²) in [6.45, 7) is 5.05. The highest BCUT2D eigenvalue weighted by atomic mass is 35.5. The van der Waals surface area contributed by atoms with Crippen LogP contribution in [0.25, 0.3) is 0 Å². The Hall–Kier alpha value is -0.810. The van der Waals surface area contributed by atoms with Crippen molar-refractivity contribution in [1.82, 2.24) is 9.80 Å². The molecule has 0 spiro atoms. The lowest BCUT2D eigenvalue weighted by Crippen LogP contribution is -2.45. The molecule has 0 heterocycles. The first-order valence-electron chi connectivity index (χ1n) is 7.63. The van der Waals surface area contributed by atoms with Gasteiger partial charge in [0.05, 0.1) is 13.1 Å². The molecule has 0 aromatic heterocycles. The SMILES string of the molecule is CCCN(CC(=O)O)CC(=O)N(C)C1CCC(C)CC1.Cl. The fourth-order valence-electron chi connectivity index (χ4n) is 2.86. The van der Waals surface area contributed by atoms with Crippen LogP contribution in [0.1, 0.15) is 46.0 Å². The molecule has 1 saturated carbocycles. The zero-order valence-electron chi connectivity index (χ0n) is 13.4. The van der Waals surface area contributed by atoms with Crippen LogP contribution < -0.4 is 0 Å². The standard InChI is InChI=1S/C15H28N2O3.ClH/c1-4-9-17(11-15(19)20)10-14(18)16(3)13-7-5-12(2)6-8-13;/h12-13H,4-11H2,1-3H3,(H,19,20);1H. The van der Waals surface area contributed by atoms with E-state index in [1.54, 1.807) is 4.90 Å². The van der Waals surface area contributed by atoms with Gasteiger partial charge in [-0.05, 0) is 44.6 Å². The third-order valence-electron chi connectivity index (χ3n) is 4.18. The molecule has 1 aliphatic carbocycles. The van der Waals surface area contributed by atoms with Crippen molar-refractivity contribution in [1.29, 1.82) is 0 Å². The van der Waals surface area contributed by atoms with Crippen LogP contribution in [0.5, 0.6) is 0 Å². The van der Waals surface area contributed by atoms with Gasteiger partial charge in [0.15, 0.2) is 0 Å². The van der Waals surface area contributed by atoms with Crippen LogP contribution in [-0.4, -0.2) is 59.5 Å². The largest absolute Gasteiger partial charge is 0.480 e. The molecule has 0 aromatic rings. The predicted octanol–water partition coefficient (Wildman–Crippen LogP) is 2.24. The maximum absolute atomic E-state index is 12.3. The third kappa shape index (κ3) is 7.14. The Morgan fingerprint density at radius 1 is 1.14 bits per heavy atom. The Morgan fingerprint density at radius 3 is 2.19 bits per heavy atom. The summed E-state index contributed by atoms with van der Waals surface area (Å²) < 4.78 is 0. The maximum Gasteiger partial charge on any atom is 0.317 e. The van der Waals surface area contributed by atoms with Crippen LogP contribution in [0.4, 0.5) is 0 Å². The molecule has 1 amide bonds. The second-order valence-electron chi connectivity index (χ2n) is 6.02. The summed E-state index contributed by atoms with van der Waals surface area (Å²) in [6.07, 6.45) is 5.34. The van der Waals surface area contributed by atoms with Gasteiger partial charge in [0, 0.05) is 13.1 Å². The number of hydrogen-bond donors (Lipinski definition) is 1. The number of aliphatic carboxylic acids is 1. The van der Waals surface area contributed by atoms with Gasteiger partial charge >= 0.3 is 5.97 Å². The number of halogens is 1. The van der Waals surface area contributed by atoms with Crippen molar-refractivity contribution in [2.45, 2.75) is 52.0 Å². The number of hydrogen-bond acceptors (Lipinski definition) is 3. The molecule has 21 heavy (non-hydrogen) atoms. The Balaban J connectivity index is 0.00000400. The molecule has 5 nitrogen and oxygen atoms in total. The molecule has 0 unspecified atom stereocenters. The number of amides is 1. The summed E-state index contributed by atoms with van der Waals surface area (Å²) >= 11 is 0. The van der Waals surface area contributed by atoms with Crippen LogP contribution in [-0.2, 0) is 9.59 Å². The Morgan fingerprint density at radius 2 is 1.71 bits per heavy atom. The van der Waals surface area contributed by atoms with Crippen molar-refractivity contribution in [2.75, 3.05) is 26.7 Å². The van der Waals surface area contributed by atoms with Crippen molar-refractivity contribution < 1.29 is 14.7 Å². The van der Waals surface area contributed by atoms with Crippen molar-refractivity contribution >= 4 is 24.3 Å². The van der Waals surface area contributed by atoms with E-state index in [0.717, 1.165) is 25.2 Å². The van der Waals surface area contributed by atoms with E-state index in [2.05, 4.69) is 6.92 Å². The van der Waals surface area contributed by atoms with E-state index < -0.39 is 5.97 Å². The first-order valence-corrected chi connectivity index (χ1v) is 7.63. The highest BCUT2D eigenvalue weighted by molar-refractivity contribution is 5.85. The number of rotatable bonds is 7. The van der Waals surface area contributed by atoms with Crippen molar-refractivity contribution in [2.24, 2.45) is 5.92 Å². The third-order valence-corrected chi connectivity index (χ3v) is 4.18. The minimum absolute atomic E-state index is 0. The molecule has 0 aromatic carbocycles. The minimum atomic E-state index is -0.875. The van der Waals surface area contributed by atoms with Gasteiger partial charge in [0.1, 0.15) is 0 Å². The summed E-state index contributed by atoms with van der Waals surface area (Å²) in [4.78, 5) is 26.6. The monoisotopic (exact) mass is 320 g/mol. The zero-order valence-corrected chi connectivity index (χ0v) is 14.2. The molecular formula is C15H29ClN2O3. The number of likely N-dealkylation sites (N-methyl/N-ethyl adjacent to an activating group) is 1. The molecule has 0 bridgehead atoms. The van der Waals surface area contributed by atoms with Gasteiger partial charge in [0.2, 0.25) is 5.91 Å². The normalized spacial score (nSPS) is 21.7. The topological polar surface area (TPSA) is 60.9 Å². The van der Waals surface area contributed by atoms with Crippen LogP contribution in [0, 0.1) is 5.92 Å². The zero-order chi connectivity index (χ0) is 15.1. The minimum Gasteiger partial charge on any atom is -0.480 e. The molecule has 0 saturated heterocycles. The molecule has 1 N–H and O–H groups in total. The first kappa shape index (κ1) is 20.2. The number of nitrogens with zero attached hydrogens (tertiary/aromatic N) is 2. The molecular weight excluding hydrogens is 292 g/mol. The fraction of sp³-hybridized carbons (Fsp3) is 0.867. The van der Waals surface area contributed by atoms with Crippen molar-refractivity contribution in [3.05, 3.63) is 0 Å². The second-order valence-corrected chi connectivity index (χ2v) is 6.02. The summed E-state index contributed by atoms with van der Waals surface area (Å²) in [5.74, 6) is -0.0713. The molecule has 0 radical (unpaired) electrons. The van der Waals surface area contributed by atoms with Crippen LogP contribution >= 0.6 is 12.4 Å². The Bertz CT molecular complexity index is 331. The molecule has 1 aliphatic rings. The number of carbonyl (C=O) groups excluding carboxylic acids is 1. The number of carboxylic acids is 1. The van der Waals surface area contributed by atoms with Crippen LogP contribution in [0.2, 0.25) is 0 Å². The van der Waals surface area contributed by atoms with Gasteiger partial charge < -0.3 is 10.0 Å². The molecule has 1 fully saturated rings. The number of carbonyl (C=O) groups is 2. The molecule has 6 heteroatoms. The summed E-state index contributed by atoms with van der Waals surface area (Å²) in [5, 5.41) is 8.87. The van der Waals surface area contributed by atoms with E-state index in [4.69, 9.17) is 5.11 Å². The average molecular weight is 321 g/mol. The van der Waals surface area contributed by atoms with Crippen LogP contribution in [0.3, 0.4) is 0 Å². The fourth-order valence-corrected chi connectivity index (χ4v) is 2.86. The van der Waals surface area contributed by atoms with Crippen LogP contribution in [0.15, 0.2) is 0 Å². The van der Waals surface area contributed by atoms with Gasteiger partial charge in [-0.1, -0.05) is 13.8 Å². The average Bonchev–Trinajstić information content (AvgIpc) is 2.38. The van der Waals surface area contributed by atoms with E-state index in [9.17, 15) is 9.59 Å². The van der Waals surface area contributed by atoms with Gasteiger partial charge in [-0.2, -0.15) is 0 Å². The second kappa shape index (κ2) is 10.0. The summed E-state index contributed by atoms with van der Waals surface area (Å²) in [7, 11) is 1.86. The van der Waals surface area contributed by atoms with Gasteiger partial charge in [-0.15, -0.1) is 12.4 Å². The van der Waals surface area contributed by atoms with Crippen molar-refractivity contribution in [3.63, 3.8) is 0 Å². The Kier molecular flexibility index (Phi) is 9.62. The molecule has 1 rings (SSSR count). The van der Waals surface area contributed by atoms with E-state index in [-0.39, 0.29) is 31.4 Å². The molecule has 0 atom stereocenters. The summed E-state index contributed by atoms with van der Waals surface area (Å²) in [5.41, 5.74) is 0. The smallest absolute Gasteiger partial charge is 0.317 e. The summed E-state index contributed by atoms with van der Waals surface area (Å²) in [6, 6.07) is 0.326. The quantitative estimate of drug-likeness (QED) is 0.781.